The molecule has 0 amide bonds. The molecule has 2 aromatic carbocycles. The summed E-state index contributed by atoms with van der Waals surface area (Å²) >= 11 is 0. The number of ether oxygens (including phenoxy) is 2. The van der Waals surface area contributed by atoms with Gasteiger partial charge in [-0.25, -0.2) is 13.8 Å². The number of carboxylic acid groups (broad SMARTS) is 1. The van der Waals surface area contributed by atoms with Crippen LogP contribution >= 0.6 is 0 Å². The molecule has 1 unspecified atom stereocenters. The summed E-state index contributed by atoms with van der Waals surface area (Å²) in [6.45, 7) is 8.51. The highest BCUT2D eigenvalue weighted by Crippen LogP contribution is 2.39. The number of aryl methyl sites for hydroxylation is 2. The number of halogens is 2. The number of carboxylic acids is 1. The second-order valence-electron chi connectivity index (χ2n) is 11.1. The minimum absolute atomic E-state index is 0.148. The molecule has 4 rings (SSSR count). The summed E-state index contributed by atoms with van der Waals surface area (Å²) in [5.41, 5.74) is 2.88. The Morgan fingerprint density at radius 3 is 2.40 bits per heavy atom. The highest BCUT2D eigenvalue weighted by molar-refractivity contribution is 5.74. The SMILES string of the molecule is Cc1cc(OCCC(O)C(C)(C)O)cc(C)c1-c1cc(COc2cc3c(cn2)[C@@H](C)[C@@H](C(=O)O)C3)c(F)cc1F. The van der Waals surface area contributed by atoms with Crippen molar-refractivity contribution < 1.29 is 38.4 Å². The molecule has 214 valence electrons. The van der Waals surface area contributed by atoms with Crippen LogP contribution in [0, 0.1) is 31.4 Å². The Hall–Kier alpha value is -3.56. The van der Waals surface area contributed by atoms with Gasteiger partial charge < -0.3 is 24.8 Å². The summed E-state index contributed by atoms with van der Waals surface area (Å²) < 4.78 is 41.3. The molecule has 7 nitrogen and oxygen atoms in total. The number of aliphatic hydroxyl groups is 2. The lowest BCUT2D eigenvalue weighted by Crippen LogP contribution is -2.36. The van der Waals surface area contributed by atoms with Gasteiger partial charge in [-0.15, -0.1) is 0 Å². The van der Waals surface area contributed by atoms with E-state index in [9.17, 15) is 24.5 Å². The molecule has 0 spiro atoms. The lowest BCUT2D eigenvalue weighted by atomic mass is 9.93. The summed E-state index contributed by atoms with van der Waals surface area (Å²) in [5.74, 6) is -2.22. The first-order valence-corrected chi connectivity index (χ1v) is 13.2. The smallest absolute Gasteiger partial charge is 0.307 e. The van der Waals surface area contributed by atoms with E-state index in [-0.39, 0.29) is 42.6 Å². The summed E-state index contributed by atoms with van der Waals surface area (Å²) in [6, 6.07) is 7.45. The van der Waals surface area contributed by atoms with Crippen molar-refractivity contribution in [3.8, 4) is 22.8 Å². The largest absolute Gasteiger partial charge is 0.493 e. The van der Waals surface area contributed by atoms with Crippen molar-refractivity contribution in [1.82, 2.24) is 4.98 Å². The van der Waals surface area contributed by atoms with Gasteiger partial charge >= 0.3 is 5.97 Å². The Labute approximate surface area is 232 Å². The van der Waals surface area contributed by atoms with Gasteiger partial charge in [-0.05, 0) is 86.1 Å². The molecule has 1 aliphatic rings. The second kappa shape index (κ2) is 11.5. The zero-order valence-corrected chi connectivity index (χ0v) is 23.3. The first kappa shape index (κ1) is 29.4. The standard InChI is InChI=1S/C31H35F2NO6/c1-16-8-21(39-7-6-27(35)31(4,5)38)9-17(2)29(16)23-11-20(25(32)13-26(23)33)15-40-28-12-19-10-22(30(36)37)18(3)24(19)14-34-28/h8-9,11-14,18,22,27,35,38H,6-7,10,15H2,1-5H3,(H,36,37)/t18-,22-,27?/m0/s1. The molecule has 9 heteroatoms. The maximum absolute atomic E-state index is 15.0. The lowest BCUT2D eigenvalue weighted by molar-refractivity contribution is -0.142. The minimum Gasteiger partial charge on any atom is -0.493 e. The Balaban J connectivity index is 1.51. The van der Waals surface area contributed by atoms with E-state index in [2.05, 4.69) is 4.98 Å². The fraction of sp³-hybridized carbons (Fsp3) is 0.419. The third-order valence-corrected chi connectivity index (χ3v) is 7.61. The van der Waals surface area contributed by atoms with Crippen molar-refractivity contribution in [3.05, 3.63) is 76.0 Å². The average molecular weight is 556 g/mol. The molecular weight excluding hydrogens is 520 g/mol. The maximum Gasteiger partial charge on any atom is 0.307 e. The predicted octanol–water partition coefficient (Wildman–Crippen LogP) is 5.48. The number of hydrogen-bond acceptors (Lipinski definition) is 6. The molecule has 0 saturated carbocycles. The van der Waals surface area contributed by atoms with Crippen LogP contribution in [0.5, 0.6) is 11.6 Å². The number of aromatic nitrogens is 1. The van der Waals surface area contributed by atoms with Crippen LogP contribution in [-0.4, -0.2) is 44.6 Å². The van der Waals surface area contributed by atoms with Crippen LogP contribution in [0.25, 0.3) is 11.1 Å². The molecule has 0 saturated heterocycles. The van der Waals surface area contributed by atoms with Crippen LogP contribution in [0.2, 0.25) is 0 Å². The lowest BCUT2D eigenvalue weighted by Gasteiger charge is -2.24. The van der Waals surface area contributed by atoms with E-state index in [1.165, 1.54) is 19.9 Å². The maximum atomic E-state index is 15.0. The van der Waals surface area contributed by atoms with E-state index >= 15 is 4.39 Å². The molecule has 1 aliphatic carbocycles. The van der Waals surface area contributed by atoms with Gasteiger partial charge in [-0.3, -0.25) is 4.79 Å². The number of benzene rings is 2. The van der Waals surface area contributed by atoms with Crippen LogP contribution in [0.15, 0.2) is 36.5 Å². The van der Waals surface area contributed by atoms with Crippen LogP contribution < -0.4 is 9.47 Å². The molecule has 40 heavy (non-hydrogen) atoms. The third-order valence-electron chi connectivity index (χ3n) is 7.61. The molecule has 0 radical (unpaired) electrons. The number of nitrogens with zero attached hydrogens (tertiary/aromatic N) is 1. The number of aliphatic hydroxyl groups excluding tert-OH is 1. The van der Waals surface area contributed by atoms with E-state index in [1.54, 1.807) is 38.2 Å². The van der Waals surface area contributed by atoms with Crippen molar-refractivity contribution in [3.63, 3.8) is 0 Å². The minimum atomic E-state index is -1.24. The van der Waals surface area contributed by atoms with E-state index in [1.807, 2.05) is 6.92 Å². The van der Waals surface area contributed by atoms with Crippen molar-refractivity contribution >= 4 is 5.97 Å². The van der Waals surface area contributed by atoms with Crippen LogP contribution in [0.4, 0.5) is 8.78 Å². The van der Waals surface area contributed by atoms with Crippen molar-refractivity contribution in [2.75, 3.05) is 6.61 Å². The van der Waals surface area contributed by atoms with E-state index in [4.69, 9.17) is 9.47 Å². The number of pyridine rings is 1. The average Bonchev–Trinajstić information content (AvgIpc) is 3.19. The molecule has 3 N–H and O–H groups in total. The molecular formula is C31H35F2NO6. The van der Waals surface area contributed by atoms with E-state index in [0.29, 0.717) is 17.7 Å². The predicted molar refractivity (Wildman–Crippen MR) is 145 cm³/mol. The highest BCUT2D eigenvalue weighted by Gasteiger charge is 2.35. The Morgan fingerprint density at radius 2 is 1.77 bits per heavy atom. The zero-order chi connectivity index (χ0) is 29.4. The van der Waals surface area contributed by atoms with Crippen LogP contribution in [0.3, 0.4) is 0 Å². The Morgan fingerprint density at radius 1 is 1.10 bits per heavy atom. The first-order chi connectivity index (χ1) is 18.8. The van der Waals surface area contributed by atoms with E-state index in [0.717, 1.165) is 28.3 Å². The highest BCUT2D eigenvalue weighted by atomic mass is 19.1. The van der Waals surface area contributed by atoms with Crippen molar-refractivity contribution in [2.45, 2.75) is 71.7 Å². The summed E-state index contributed by atoms with van der Waals surface area (Å²) in [5, 5.41) is 29.3. The van der Waals surface area contributed by atoms with Gasteiger partial charge in [0.05, 0.1) is 24.2 Å². The summed E-state index contributed by atoms with van der Waals surface area (Å²) in [6.07, 6.45) is 1.27. The first-order valence-electron chi connectivity index (χ1n) is 13.2. The zero-order valence-electron chi connectivity index (χ0n) is 23.3. The summed E-state index contributed by atoms with van der Waals surface area (Å²) in [4.78, 5) is 15.8. The number of hydrogen-bond donors (Lipinski definition) is 3. The Bertz CT molecular complexity index is 1390. The van der Waals surface area contributed by atoms with Crippen LogP contribution in [-0.2, 0) is 17.8 Å². The van der Waals surface area contributed by atoms with Gasteiger partial charge in [0.2, 0.25) is 5.88 Å². The molecule has 3 aromatic rings. The number of rotatable bonds is 10. The second-order valence-corrected chi connectivity index (χ2v) is 11.1. The topological polar surface area (TPSA) is 109 Å². The van der Waals surface area contributed by atoms with Gasteiger partial charge in [0.15, 0.2) is 0 Å². The monoisotopic (exact) mass is 555 g/mol. The molecule has 1 aromatic heterocycles. The molecule has 0 aliphatic heterocycles. The van der Waals surface area contributed by atoms with Crippen molar-refractivity contribution in [2.24, 2.45) is 5.92 Å². The van der Waals surface area contributed by atoms with E-state index < -0.39 is 35.2 Å². The van der Waals surface area contributed by atoms with Gasteiger partial charge in [-0.1, -0.05) is 6.92 Å². The van der Waals surface area contributed by atoms with Gasteiger partial charge in [-0.2, -0.15) is 0 Å². The van der Waals surface area contributed by atoms with Crippen molar-refractivity contribution in [1.29, 1.82) is 0 Å². The van der Waals surface area contributed by atoms with Gasteiger partial charge in [0.25, 0.3) is 0 Å². The third kappa shape index (κ3) is 6.26. The molecule has 1 heterocycles. The normalized spacial score (nSPS) is 17.4. The molecule has 0 bridgehead atoms. The number of fused-ring (bicyclic) bond motifs is 1. The molecule has 0 fully saturated rings. The quantitative estimate of drug-likeness (QED) is 0.304. The fourth-order valence-electron chi connectivity index (χ4n) is 5.20. The van der Waals surface area contributed by atoms with Gasteiger partial charge in [0, 0.05) is 35.9 Å². The fourth-order valence-corrected chi connectivity index (χ4v) is 5.20. The number of aliphatic carboxylic acids is 1. The van der Waals surface area contributed by atoms with Gasteiger partial charge in [0.1, 0.15) is 24.0 Å². The Kier molecular flexibility index (Phi) is 8.46. The number of carbonyl (C=O) groups is 1. The van der Waals surface area contributed by atoms with Crippen LogP contribution in [0.1, 0.15) is 60.9 Å². The summed E-state index contributed by atoms with van der Waals surface area (Å²) in [7, 11) is 0. The molecule has 3 atom stereocenters.